The van der Waals surface area contributed by atoms with Crippen molar-refractivity contribution in [3.8, 4) is 0 Å². The lowest BCUT2D eigenvalue weighted by Gasteiger charge is -2.33. The van der Waals surface area contributed by atoms with Gasteiger partial charge in [-0.25, -0.2) is 0 Å². The highest BCUT2D eigenvalue weighted by molar-refractivity contribution is 5.02. The average molecular weight is 180 g/mol. The van der Waals surface area contributed by atoms with Gasteiger partial charge in [-0.3, -0.25) is 0 Å². The predicted octanol–water partition coefficient (Wildman–Crippen LogP) is 4.56. The first-order chi connectivity index (χ1) is 6.18. The minimum absolute atomic E-state index is 0.572. The van der Waals surface area contributed by atoms with Gasteiger partial charge in [0.1, 0.15) is 0 Å². The van der Waals surface area contributed by atoms with Gasteiger partial charge >= 0.3 is 0 Å². The fraction of sp³-hybridized carbons (Fsp3) is 0.846. The second kappa shape index (κ2) is 4.83. The zero-order chi connectivity index (χ0) is 9.73. The van der Waals surface area contributed by atoms with E-state index in [1.807, 2.05) is 0 Å². The summed E-state index contributed by atoms with van der Waals surface area (Å²) < 4.78 is 0. The topological polar surface area (TPSA) is 0 Å². The Kier molecular flexibility index (Phi) is 4.02. The fourth-order valence-electron chi connectivity index (χ4n) is 2.24. The SMILES string of the molecule is CCC1(CCC(C)C)C=CCCC1. The van der Waals surface area contributed by atoms with Crippen LogP contribution >= 0.6 is 0 Å². The molecular formula is C13H24. The van der Waals surface area contributed by atoms with Gasteiger partial charge in [0.2, 0.25) is 0 Å². The van der Waals surface area contributed by atoms with Crippen LogP contribution in [0.3, 0.4) is 0 Å². The second-order valence-corrected chi connectivity index (χ2v) is 4.94. The van der Waals surface area contributed by atoms with Gasteiger partial charge in [-0.15, -0.1) is 0 Å². The van der Waals surface area contributed by atoms with Gasteiger partial charge in [0.15, 0.2) is 0 Å². The minimum atomic E-state index is 0.572. The molecular weight excluding hydrogens is 156 g/mol. The molecule has 0 aliphatic heterocycles. The second-order valence-electron chi connectivity index (χ2n) is 4.94. The van der Waals surface area contributed by atoms with Crippen molar-refractivity contribution < 1.29 is 0 Å². The van der Waals surface area contributed by atoms with E-state index in [2.05, 4.69) is 32.9 Å². The molecule has 0 saturated carbocycles. The first-order valence-electron chi connectivity index (χ1n) is 5.86. The van der Waals surface area contributed by atoms with Gasteiger partial charge in [-0.2, -0.15) is 0 Å². The molecule has 0 bridgehead atoms. The largest absolute Gasteiger partial charge is 0.0880 e. The first kappa shape index (κ1) is 10.8. The van der Waals surface area contributed by atoms with E-state index in [1.165, 1.54) is 38.5 Å². The van der Waals surface area contributed by atoms with Crippen molar-refractivity contribution in [2.24, 2.45) is 11.3 Å². The molecule has 0 saturated heterocycles. The van der Waals surface area contributed by atoms with Crippen LogP contribution in [0.1, 0.15) is 59.3 Å². The Labute approximate surface area is 83.4 Å². The van der Waals surface area contributed by atoms with E-state index in [-0.39, 0.29) is 0 Å². The van der Waals surface area contributed by atoms with Crippen LogP contribution in [0.5, 0.6) is 0 Å². The van der Waals surface area contributed by atoms with Crippen molar-refractivity contribution in [3.05, 3.63) is 12.2 Å². The molecule has 0 heteroatoms. The molecule has 0 heterocycles. The van der Waals surface area contributed by atoms with E-state index in [0.29, 0.717) is 5.41 Å². The molecule has 0 N–H and O–H groups in total. The molecule has 1 unspecified atom stereocenters. The van der Waals surface area contributed by atoms with Gasteiger partial charge in [0, 0.05) is 0 Å². The third-order valence-corrected chi connectivity index (χ3v) is 3.44. The van der Waals surface area contributed by atoms with E-state index in [9.17, 15) is 0 Å². The van der Waals surface area contributed by atoms with Crippen LogP contribution in [0, 0.1) is 11.3 Å². The number of hydrogen-bond acceptors (Lipinski definition) is 0. The molecule has 0 radical (unpaired) electrons. The number of hydrogen-bond donors (Lipinski definition) is 0. The Morgan fingerprint density at radius 3 is 2.62 bits per heavy atom. The molecule has 0 spiro atoms. The summed E-state index contributed by atoms with van der Waals surface area (Å²) in [7, 11) is 0. The van der Waals surface area contributed by atoms with E-state index in [1.54, 1.807) is 0 Å². The first-order valence-corrected chi connectivity index (χ1v) is 5.86. The van der Waals surface area contributed by atoms with Crippen molar-refractivity contribution in [2.45, 2.75) is 59.3 Å². The highest BCUT2D eigenvalue weighted by Crippen LogP contribution is 2.39. The smallest absolute Gasteiger partial charge is 0.0121 e. The minimum Gasteiger partial charge on any atom is -0.0880 e. The van der Waals surface area contributed by atoms with Crippen molar-refractivity contribution in [1.29, 1.82) is 0 Å². The van der Waals surface area contributed by atoms with E-state index in [0.717, 1.165) is 5.92 Å². The third-order valence-electron chi connectivity index (χ3n) is 3.44. The van der Waals surface area contributed by atoms with E-state index >= 15 is 0 Å². The molecule has 0 nitrogen and oxygen atoms in total. The molecule has 0 amide bonds. The Balaban J connectivity index is 2.48. The lowest BCUT2D eigenvalue weighted by atomic mass is 9.73. The van der Waals surface area contributed by atoms with Crippen molar-refractivity contribution >= 4 is 0 Å². The average Bonchev–Trinajstić information content (AvgIpc) is 2.16. The quantitative estimate of drug-likeness (QED) is 0.556. The summed E-state index contributed by atoms with van der Waals surface area (Å²) in [5, 5.41) is 0. The molecule has 1 aliphatic rings. The van der Waals surface area contributed by atoms with Crippen LogP contribution in [0.4, 0.5) is 0 Å². The van der Waals surface area contributed by atoms with Crippen LogP contribution in [0.15, 0.2) is 12.2 Å². The number of allylic oxidation sites excluding steroid dienone is 2. The normalized spacial score (nSPS) is 28.3. The molecule has 1 atom stereocenters. The lowest BCUT2D eigenvalue weighted by molar-refractivity contribution is 0.269. The van der Waals surface area contributed by atoms with Crippen LogP contribution in [0.25, 0.3) is 0 Å². The van der Waals surface area contributed by atoms with Gasteiger partial charge in [0.25, 0.3) is 0 Å². The summed E-state index contributed by atoms with van der Waals surface area (Å²) in [6.45, 7) is 7.00. The zero-order valence-corrected chi connectivity index (χ0v) is 9.47. The predicted molar refractivity (Wildman–Crippen MR) is 59.8 cm³/mol. The monoisotopic (exact) mass is 180 g/mol. The highest BCUT2D eigenvalue weighted by Gasteiger charge is 2.25. The Bertz CT molecular complexity index is 167. The fourth-order valence-corrected chi connectivity index (χ4v) is 2.24. The molecule has 0 aromatic heterocycles. The zero-order valence-electron chi connectivity index (χ0n) is 9.47. The summed E-state index contributed by atoms with van der Waals surface area (Å²) in [6, 6.07) is 0. The summed E-state index contributed by atoms with van der Waals surface area (Å²) in [4.78, 5) is 0. The molecule has 76 valence electrons. The van der Waals surface area contributed by atoms with Crippen molar-refractivity contribution in [2.75, 3.05) is 0 Å². The van der Waals surface area contributed by atoms with Crippen LogP contribution < -0.4 is 0 Å². The van der Waals surface area contributed by atoms with Crippen molar-refractivity contribution in [1.82, 2.24) is 0 Å². The molecule has 1 aliphatic carbocycles. The molecule has 0 aromatic rings. The van der Waals surface area contributed by atoms with Crippen LogP contribution in [-0.2, 0) is 0 Å². The Morgan fingerprint density at radius 2 is 2.15 bits per heavy atom. The van der Waals surface area contributed by atoms with Crippen molar-refractivity contribution in [3.63, 3.8) is 0 Å². The van der Waals surface area contributed by atoms with Crippen LogP contribution in [-0.4, -0.2) is 0 Å². The maximum atomic E-state index is 2.50. The van der Waals surface area contributed by atoms with Gasteiger partial charge in [-0.05, 0) is 43.4 Å². The van der Waals surface area contributed by atoms with Gasteiger partial charge < -0.3 is 0 Å². The van der Waals surface area contributed by atoms with Crippen LogP contribution in [0.2, 0.25) is 0 Å². The maximum absolute atomic E-state index is 2.50. The summed E-state index contributed by atoms with van der Waals surface area (Å²) in [5.41, 5.74) is 0.572. The van der Waals surface area contributed by atoms with Gasteiger partial charge in [0.05, 0.1) is 0 Å². The van der Waals surface area contributed by atoms with E-state index < -0.39 is 0 Å². The summed E-state index contributed by atoms with van der Waals surface area (Å²) >= 11 is 0. The molecule has 13 heavy (non-hydrogen) atoms. The highest BCUT2D eigenvalue weighted by atomic mass is 14.3. The van der Waals surface area contributed by atoms with Gasteiger partial charge in [-0.1, -0.05) is 39.3 Å². The lowest BCUT2D eigenvalue weighted by Crippen LogP contribution is -2.19. The standard InChI is InChI=1S/C13H24/c1-4-13(11-8-12(2)3)9-6-5-7-10-13/h6,9,12H,4-5,7-8,10-11H2,1-3H3. The summed E-state index contributed by atoms with van der Waals surface area (Å²) in [5.74, 6) is 0.860. The molecule has 0 fully saturated rings. The molecule has 0 aromatic carbocycles. The maximum Gasteiger partial charge on any atom is -0.0121 e. The summed E-state index contributed by atoms with van der Waals surface area (Å²) in [6.07, 6.45) is 13.1. The van der Waals surface area contributed by atoms with E-state index in [4.69, 9.17) is 0 Å². The number of rotatable bonds is 4. The third kappa shape index (κ3) is 3.17. The Morgan fingerprint density at radius 1 is 1.38 bits per heavy atom. The Hall–Kier alpha value is -0.260. The molecule has 1 rings (SSSR count).